The van der Waals surface area contributed by atoms with Crippen LogP contribution in [0.15, 0.2) is 24.3 Å². The summed E-state index contributed by atoms with van der Waals surface area (Å²) in [5.41, 5.74) is 0.529. The van der Waals surface area contributed by atoms with E-state index < -0.39 is 11.0 Å². The predicted molar refractivity (Wildman–Crippen MR) is 76.3 cm³/mol. The predicted octanol–water partition coefficient (Wildman–Crippen LogP) is 2.72. The summed E-state index contributed by atoms with van der Waals surface area (Å²) >= 11 is 0. The number of nitriles is 1. The molecule has 3 rings (SSSR count). The molecule has 1 aliphatic heterocycles. The lowest BCUT2D eigenvalue weighted by atomic mass is 9.59. The number of aryl methyl sites for hydroxylation is 1. The Hall–Kier alpha value is -1.37. The van der Waals surface area contributed by atoms with E-state index in [1.807, 2.05) is 18.2 Å². The first-order valence-corrected chi connectivity index (χ1v) is 7.52. The van der Waals surface area contributed by atoms with Crippen molar-refractivity contribution in [2.75, 3.05) is 13.2 Å². The minimum Gasteiger partial charge on any atom is -0.388 e. The minimum atomic E-state index is -0.964. The molecule has 0 spiro atoms. The van der Waals surface area contributed by atoms with Crippen LogP contribution in [0.25, 0.3) is 0 Å². The SMILES string of the molecule is N#CC1(C2(O)CCCOCC2)CCCc2ccccc21. The molecule has 2 atom stereocenters. The Morgan fingerprint density at radius 2 is 1.95 bits per heavy atom. The molecular formula is C17H21NO2. The Morgan fingerprint density at radius 3 is 2.80 bits per heavy atom. The molecule has 2 unspecified atom stereocenters. The van der Waals surface area contributed by atoms with Gasteiger partial charge >= 0.3 is 0 Å². The summed E-state index contributed by atoms with van der Waals surface area (Å²) in [7, 11) is 0. The third-order valence-electron chi connectivity index (χ3n) is 5.00. The van der Waals surface area contributed by atoms with Crippen LogP contribution in [0.1, 0.15) is 43.2 Å². The van der Waals surface area contributed by atoms with Crippen LogP contribution >= 0.6 is 0 Å². The van der Waals surface area contributed by atoms with Crippen molar-refractivity contribution in [1.29, 1.82) is 5.26 Å². The fourth-order valence-electron chi connectivity index (χ4n) is 3.90. The first-order valence-electron chi connectivity index (χ1n) is 7.52. The van der Waals surface area contributed by atoms with Gasteiger partial charge in [0.25, 0.3) is 0 Å². The molecular weight excluding hydrogens is 250 g/mol. The van der Waals surface area contributed by atoms with E-state index in [2.05, 4.69) is 12.1 Å². The molecule has 1 fully saturated rings. The second-order valence-electron chi connectivity index (χ2n) is 6.03. The lowest BCUT2D eigenvalue weighted by Gasteiger charge is -2.45. The molecule has 0 radical (unpaired) electrons. The zero-order chi connectivity index (χ0) is 14.1. The summed E-state index contributed by atoms with van der Waals surface area (Å²) in [6.45, 7) is 1.23. The Morgan fingerprint density at radius 1 is 1.10 bits per heavy atom. The standard InChI is InChI=1S/C17H21NO2/c18-13-16(17(19)9-4-11-20-12-10-17)8-3-6-14-5-1-2-7-15(14)16/h1-2,5,7,19H,3-4,6,8-12H2. The summed E-state index contributed by atoms with van der Waals surface area (Å²) in [6, 6.07) is 10.6. The van der Waals surface area contributed by atoms with Crippen molar-refractivity contribution in [1.82, 2.24) is 0 Å². The fraction of sp³-hybridized carbons (Fsp3) is 0.588. The van der Waals surface area contributed by atoms with Crippen LogP contribution in [-0.4, -0.2) is 23.9 Å². The molecule has 1 aromatic rings. The van der Waals surface area contributed by atoms with Crippen LogP contribution in [0, 0.1) is 11.3 Å². The number of nitrogens with zero attached hydrogens (tertiary/aromatic N) is 1. The van der Waals surface area contributed by atoms with Crippen LogP contribution in [0.5, 0.6) is 0 Å². The van der Waals surface area contributed by atoms with E-state index in [0.29, 0.717) is 26.1 Å². The Bertz CT molecular complexity index is 526. The molecule has 1 aliphatic carbocycles. The lowest BCUT2D eigenvalue weighted by Crippen LogP contribution is -2.52. The number of ether oxygens (including phenoxy) is 1. The van der Waals surface area contributed by atoms with Gasteiger partial charge in [0, 0.05) is 19.6 Å². The van der Waals surface area contributed by atoms with Gasteiger partial charge in [-0.2, -0.15) is 5.26 Å². The number of fused-ring (bicyclic) bond motifs is 1. The highest BCUT2D eigenvalue weighted by Gasteiger charge is 2.53. The molecule has 20 heavy (non-hydrogen) atoms. The van der Waals surface area contributed by atoms with Gasteiger partial charge in [-0.15, -0.1) is 0 Å². The smallest absolute Gasteiger partial charge is 0.111 e. The summed E-state index contributed by atoms with van der Waals surface area (Å²) < 4.78 is 5.49. The van der Waals surface area contributed by atoms with Gasteiger partial charge in [-0.25, -0.2) is 0 Å². The van der Waals surface area contributed by atoms with Gasteiger partial charge in [0.1, 0.15) is 5.41 Å². The molecule has 1 heterocycles. The van der Waals surface area contributed by atoms with Crippen molar-refractivity contribution in [2.24, 2.45) is 0 Å². The van der Waals surface area contributed by atoms with Crippen LogP contribution < -0.4 is 0 Å². The van der Waals surface area contributed by atoms with E-state index in [1.165, 1.54) is 5.56 Å². The van der Waals surface area contributed by atoms with Gasteiger partial charge in [-0.1, -0.05) is 24.3 Å². The van der Waals surface area contributed by atoms with E-state index in [0.717, 1.165) is 31.2 Å². The van der Waals surface area contributed by atoms with Crippen molar-refractivity contribution < 1.29 is 9.84 Å². The van der Waals surface area contributed by atoms with Crippen molar-refractivity contribution in [2.45, 2.75) is 49.5 Å². The monoisotopic (exact) mass is 271 g/mol. The van der Waals surface area contributed by atoms with Gasteiger partial charge in [-0.05, 0) is 43.2 Å². The Balaban J connectivity index is 2.10. The highest BCUT2D eigenvalue weighted by molar-refractivity contribution is 5.45. The molecule has 106 valence electrons. The molecule has 1 saturated heterocycles. The van der Waals surface area contributed by atoms with Crippen LogP contribution in [0.2, 0.25) is 0 Å². The maximum Gasteiger partial charge on any atom is 0.111 e. The number of benzene rings is 1. The molecule has 0 bridgehead atoms. The van der Waals surface area contributed by atoms with Crippen LogP contribution in [0.4, 0.5) is 0 Å². The van der Waals surface area contributed by atoms with E-state index in [1.54, 1.807) is 0 Å². The largest absolute Gasteiger partial charge is 0.388 e. The molecule has 0 aromatic heterocycles. The summed E-state index contributed by atoms with van der Waals surface area (Å²) in [5.74, 6) is 0. The van der Waals surface area contributed by atoms with Crippen molar-refractivity contribution in [3.05, 3.63) is 35.4 Å². The van der Waals surface area contributed by atoms with Gasteiger partial charge in [-0.3, -0.25) is 0 Å². The van der Waals surface area contributed by atoms with Gasteiger partial charge in [0.05, 0.1) is 11.7 Å². The fourth-order valence-corrected chi connectivity index (χ4v) is 3.90. The van der Waals surface area contributed by atoms with E-state index >= 15 is 0 Å². The summed E-state index contributed by atoms with van der Waals surface area (Å²) in [6.07, 6.45) is 4.74. The highest BCUT2D eigenvalue weighted by Crippen LogP contribution is 2.48. The quantitative estimate of drug-likeness (QED) is 0.854. The van der Waals surface area contributed by atoms with Crippen LogP contribution in [0.3, 0.4) is 0 Å². The molecule has 3 heteroatoms. The van der Waals surface area contributed by atoms with Crippen molar-refractivity contribution in [3.63, 3.8) is 0 Å². The molecule has 0 saturated carbocycles. The second-order valence-corrected chi connectivity index (χ2v) is 6.03. The third kappa shape index (κ3) is 1.95. The van der Waals surface area contributed by atoms with Crippen molar-refractivity contribution in [3.8, 4) is 6.07 Å². The third-order valence-corrected chi connectivity index (χ3v) is 5.00. The second kappa shape index (κ2) is 5.20. The minimum absolute atomic E-state index is 0.544. The summed E-state index contributed by atoms with van der Waals surface area (Å²) in [4.78, 5) is 0. The van der Waals surface area contributed by atoms with E-state index in [-0.39, 0.29) is 0 Å². The average molecular weight is 271 g/mol. The Labute approximate surface area is 120 Å². The van der Waals surface area contributed by atoms with Gasteiger partial charge in [0.15, 0.2) is 0 Å². The van der Waals surface area contributed by atoms with E-state index in [9.17, 15) is 10.4 Å². The average Bonchev–Trinajstić information content (AvgIpc) is 2.72. The molecule has 1 aromatic carbocycles. The van der Waals surface area contributed by atoms with Gasteiger partial charge < -0.3 is 9.84 Å². The molecule has 1 N–H and O–H groups in total. The maximum absolute atomic E-state index is 11.3. The highest BCUT2D eigenvalue weighted by atomic mass is 16.5. The lowest BCUT2D eigenvalue weighted by molar-refractivity contribution is -0.0402. The zero-order valence-electron chi connectivity index (χ0n) is 11.8. The topological polar surface area (TPSA) is 53.2 Å². The number of hydrogen-bond acceptors (Lipinski definition) is 3. The van der Waals surface area contributed by atoms with Gasteiger partial charge in [0.2, 0.25) is 0 Å². The number of rotatable bonds is 1. The molecule has 3 nitrogen and oxygen atoms in total. The summed E-state index contributed by atoms with van der Waals surface area (Å²) in [5, 5.41) is 21.2. The van der Waals surface area contributed by atoms with Crippen molar-refractivity contribution >= 4 is 0 Å². The number of hydrogen-bond donors (Lipinski definition) is 1. The van der Waals surface area contributed by atoms with Crippen LogP contribution in [-0.2, 0) is 16.6 Å². The first kappa shape index (κ1) is 13.6. The zero-order valence-corrected chi connectivity index (χ0v) is 11.8. The number of aliphatic hydroxyl groups is 1. The molecule has 2 aliphatic rings. The molecule has 0 amide bonds. The maximum atomic E-state index is 11.3. The first-order chi connectivity index (χ1) is 9.72. The van der Waals surface area contributed by atoms with E-state index in [4.69, 9.17) is 4.74 Å². The normalized spacial score (nSPS) is 33.8. The Kier molecular flexibility index (Phi) is 3.54.